The number of para-hydroxylation sites is 2. The molecule has 4 nitrogen and oxygen atoms in total. The van der Waals surface area contributed by atoms with Gasteiger partial charge in [-0.25, -0.2) is 4.99 Å². The van der Waals surface area contributed by atoms with Crippen LogP contribution in [0, 0.1) is 0 Å². The number of ether oxygens (including phenoxy) is 1. The highest BCUT2D eigenvalue weighted by Gasteiger charge is 2.25. The Morgan fingerprint density at radius 1 is 1.17 bits per heavy atom. The van der Waals surface area contributed by atoms with Gasteiger partial charge in [-0.1, -0.05) is 24.6 Å². The number of rotatable bonds is 6. The first-order valence-electron chi connectivity index (χ1n) is 10.0. The minimum absolute atomic E-state index is 0.102. The molecule has 0 atom stereocenters. The average Bonchev–Trinajstić information content (AvgIpc) is 3.30. The van der Waals surface area contributed by atoms with Gasteiger partial charge in [-0.15, -0.1) is 22.7 Å². The van der Waals surface area contributed by atoms with Gasteiger partial charge in [-0.3, -0.25) is 4.79 Å². The normalized spacial score (nSPS) is 13.8. The molecule has 1 aliphatic rings. The Bertz CT molecular complexity index is 1010. The third-order valence-electron chi connectivity index (χ3n) is 4.92. The van der Waals surface area contributed by atoms with Crippen LogP contribution in [0.3, 0.4) is 0 Å². The van der Waals surface area contributed by atoms with Crippen molar-refractivity contribution < 1.29 is 9.53 Å². The van der Waals surface area contributed by atoms with Crippen LogP contribution < -0.4 is 10.1 Å². The van der Waals surface area contributed by atoms with Crippen LogP contribution in [0.2, 0.25) is 0 Å². The third kappa shape index (κ3) is 4.60. The SMILES string of the molecule is CCOc1ccccc1NC(=O)c1c(/N=C/c2cccs2)sc2c1CCCCC2. The standard InChI is InChI=1S/C23H24N2O2S2/c1-2-27-19-12-7-6-11-18(19)25-22(26)21-17-10-4-3-5-13-20(17)29-23(21)24-15-16-9-8-14-28-16/h6-9,11-12,14-15H,2-5,10,13H2,1H3,(H,25,26)/b24-15+. The summed E-state index contributed by atoms with van der Waals surface area (Å²) in [6.45, 7) is 2.49. The fourth-order valence-electron chi connectivity index (χ4n) is 3.58. The zero-order valence-electron chi connectivity index (χ0n) is 16.4. The summed E-state index contributed by atoms with van der Waals surface area (Å²) in [6.07, 6.45) is 7.34. The van der Waals surface area contributed by atoms with Crippen molar-refractivity contribution >= 4 is 45.5 Å². The van der Waals surface area contributed by atoms with Crippen molar-refractivity contribution in [2.45, 2.75) is 39.0 Å². The molecule has 0 saturated carbocycles. The lowest BCUT2D eigenvalue weighted by Gasteiger charge is -2.12. The van der Waals surface area contributed by atoms with E-state index in [-0.39, 0.29) is 5.91 Å². The molecule has 4 rings (SSSR count). The summed E-state index contributed by atoms with van der Waals surface area (Å²) < 4.78 is 5.67. The second-order valence-electron chi connectivity index (χ2n) is 6.90. The summed E-state index contributed by atoms with van der Waals surface area (Å²) >= 11 is 3.31. The van der Waals surface area contributed by atoms with Crippen molar-refractivity contribution in [1.82, 2.24) is 0 Å². The molecule has 2 heterocycles. The van der Waals surface area contributed by atoms with E-state index < -0.39 is 0 Å². The van der Waals surface area contributed by atoms with Crippen LogP contribution in [0.4, 0.5) is 10.7 Å². The van der Waals surface area contributed by atoms with E-state index in [4.69, 9.17) is 9.73 Å². The molecule has 29 heavy (non-hydrogen) atoms. The molecule has 0 aliphatic heterocycles. The predicted octanol–water partition coefficient (Wildman–Crippen LogP) is 6.48. The molecular formula is C23H24N2O2S2. The third-order valence-corrected chi connectivity index (χ3v) is 6.92. The van der Waals surface area contributed by atoms with Gasteiger partial charge in [0.1, 0.15) is 10.8 Å². The molecule has 1 amide bonds. The van der Waals surface area contributed by atoms with Crippen molar-refractivity contribution in [3.05, 3.63) is 62.7 Å². The van der Waals surface area contributed by atoms with Gasteiger partial charge in [-0.05, 0) is 61.7 Å². The number of fused-ring (bicyclic) bond motifs is 1. The zero-order chi connectivity index (χ0) is 20.1. The number of aliphatic imine (C=N–C) groups is 1. The number of carbonyl (C=O) groups excluding carboxylic acids is 1. The molecule has 2 aromatic heterocycles. The summed E-state index contributed by atoms with van der Waals surface area (Å²) in [7, 11) is 0. The maximum absolute atomic E-state index is 13.4. The minimum Gasteiger partial charge on any atom is -0.492 e. The lowest BCUT2D eigenvalue weighted by Crippen LogP contribution is -2.14. The van der Waals surface area contributed by atoms with Crippen LogP contribution in [0.1, 0.15) is 51.9 Å². The first kappa shape index (κ1) is 19.9. The Labute approximate surface area is 179 Å². The number of benzene rings is 1. The van der Waals surface area contributed by atoms with Crippen molar-refractivity contribution in [1.29, 1.82) is 0 Å². The Balaban J connectivity index is 1.69. The fraction of sp³-hybridized carbons (Fsp3) is 0.304. The summed E-state index contributed by atoms with van der Waals surface area (Å²) in [5, 5.41) is 5.91. The van der Waals surface area contributed by atoms with Crippen LogP contribution in [0.5, 0.6) is 5.75 Å². The number of nitrogens with one attached hydrogen (secondary N) is 1. The summed E-state index contributed by atoms with van der Waals surface area (Å²) in [4.78, 5) is 20.5. The number of aryl methyl sites for hydroxylation is 1. The number of anilines is 1. The molecule has 150 valence electrons. The molecule has 0 spiro atoms. The van der Waals surface area contributed by atoms with Gasteiger partial charge in [0.15, 0.2) is 0 Å². The lowest BCUT2D eigenvalue weighted by atomic mass is 10.0. The highest BCUT2D eigenvalue weighted by Crippen LogP contribution is 2.40. The van der Waals surface area contributed by atoms with Crippen LogP contribution in [-0.2, 0) is 12.8 Å². The summed E-state index contributed by atoms with van der Waals surface area (Å²) in [5.74, 6) is 0.586. The molecule has 1 N–H and O–H groups in total. The van der Waals surface area contributed by atoms with E-state index in [1.807, 2.05) is 54.9 Å². The van der Waals surface area contributed by atoms with Crippen molar-refractivity contribution in [3.63, 3.8) is 0 Å². The second-order valence-corrected chi connectivity index (χ2v) is 8.96. The smallest absolute Gasteiger partial charge is 0.259 e. The molecular weight excluding hydrogens is 400 g/mol. The van der Waals surface area contributed by atoms with E-state index >= 15 is 0 Å². The predicted molar refractivity (Wildman–Crippen MR) is 123 cm³/mol. The number of thiophene rings is 2. The van der Waals surface area contributed by atoms with Crippen molar-refractivity contribution in [2.75, 3.05) is 11.9 Å². The largest absolute Gasteiger partial charge is 0.492 e. The Morgan fingerprint density at radius 2 is 2.03 bits per heavy atom. The Kier molecular flexibility index (Phi) is 6.42. The van der Waals surface area contributed by atoms with Gasteiger partial charge in [0.25, 0.3) is 5.91 Å². The fourth-order valence-corrected chi connectivity index (χ4v) is 5.39. The topological polar surface area (TPSA) is 50.7 Å². The Morgan fingerprint density at radius 3 is 2.86 bits per heavy atom. The van der Waals surface area contributed by atoms with E-state index in [1.54, 1.807) is 22.7 Å². The summed E-state index contributed by atoms with van der Waals surface area (Å²) in [5.41, 5.74) is 2.60. The van der Waals surface area contributed by atoms with Gasteiger partial charge in [0.2, 0.25) is 0 Å². The first-order chi connectivity index (χ1) is 14.3. The maximum atomic E-state index is 13.4. The highest BCUT2D eigenvalue weighted by molar-refractivity contribution is 7.16. The second kappa shape index (κ2) is 9.37. The number of hydrogen-bond donors (Lipinski definition) is 1. The van der Waals surface area contributed by atoms with E-state index in [2.05, 4.69) is 5.32 Å². The molecule has 3 aromatic rings. The quantitative estimate of drug-likeness (QED) is 0.364. The number of carbonyl (C=O) groups is 1. The zero-order valence-corrected chi connectivity index (χ0v) is 18.1. The summed E-state index contributed by atoms with van der Waals surface area (Å²) in [6, 6.07) is 11.6. The molecule has 1 aromatic carbocycles. The van der Waals surface area contributed by atoms with Gasteiger partial charge in [-0.2, -0.15) is 0 Å². The van der Waals surface area contributed by atoms with E-state index in [0.29, 0.717) is 18.0 Å². The van der Waals surface area contributed by atoms with Gasteiger partial charge >= 0.3 is 0 Å². The molecule has 0 saturated heterocycles. The van der Waals surface area contributed by atoms with E-state index in [1.165, 1.54) is 23.3 Å². The van der Waals surface area contributed by atoms with Crippen LogP contribution in [0.25, 0.3) is 0 Å². The van der Waals surface area contributed by atoms with Crippen LogP contribution >= 0.6 is 22.7 Å². The first-order valence-corrected chi connectivity index (χ1v) is 11.7. The van der Waals surface area contributed by atoms with Gasteiger partial charge < -0.3 is 10.1 Å². The average molecular weight is 425 g/mol. The van der Waals surface area contributed by atoms with E-state index in [0.717, 1.165) is 34.7 Å². The Hall–Kier alpha value is -2.44. The highest BCUT2D eigenvalue weighted by atomic mass is 32.1. The van der Waals surface area contributed by atoms with Crippen molar-refractivity contribution in [2.24, 2.45) is 4.99 Å². The monoisotopic (exact) mass is 424 g/mol. The number of nitrogens with zero attached hydrogens (tertiary/aromatic N) is 1. The number of amides is 1. The molecule has 6 heteroatoms. The molecule has 1 aliphatic carbocycles. The molecule has 0 unspecified atom stereocenters. The van der Waals surface area contributed by atoms with Crippen LogP contribution in [-0.4, -0.2) is 18.7 Å². The van der Waals surface area contributed by atoms with E-state index in [9.17, 15) is 4.79 Å². The minimum atomic E-state index is -0.102. The van der Waals surface area contributed by atoms with Gasteiger partial charge in [0.05, 0.1) is 17.9 Å². The lowest BCUT2D eigenvalue weighted by molar-refractivity contribution is 0.102. The van der Waals surface area contributed by atoms with Gasteiger partial charge in [0, 0.05) is 16.0 Å². The maximum Gasteiger partial charge on any atom is 0.259 e. The molecule has 0 fully saturated rings. The molecule has 0 bridgehead atoms. The van der Waals surface area contributed by atoms with Crippen molar-refractivity contribution in [3.8, 4) is 5.75 Å². The molecule has 0 radical (unpaired) electrons. The van der Waals surface area contributed by atoms with Crippen LogP contribution in [0.15, 0.2) is 46.8 Å². The number of hydrogen-bond acceptors (Lipinski definition) is 5.